The Morgan fingerprint density at radius 3 is 2.48 bits per heavy atom. The standard InChI is InChI=1S/C14H27N5O4/c1-15-13(17-10-12(20)16-6-9-22-2)18-11-4-7-19(8-5-11)14(21)23-3/h11H,4-10H2,1-3H3,(H,16,20)(H2,15,17,18). The predicted molar refractivity (Wildman–Crippen MR) is 86.4 cm³/mol. The first-order valence-electron chi connectivity index (χ1n) is 7.66. The minimum Gasteiger partial charge on any atom is -0.453 e. The Hall–Kier alpha value is -2.03. The molecule has 1 saturated heterocycles. The van der Waals surface area contributed by atoms with Gasteiger partial charge in [-0.1, -0.05) is 0 Å². The van der Waals surface area contributed by atoms with Crippen LogP contribution in [0.2, 0.25) is 0 Å². The Kier molecular flexibility index (Phi) is 8.81. The fourth-order valence-electron chi connectivity index (χ4n) is 2.24. The molecule has 0 aromatic heterocycles. The van der Waals surface area contributed by atoms with Crippen LogP contribution in [-0.4, -0.2) is 83.0 Å². The zero-order valence-corrected chi connectivity index (χ0v) is 14.1. The number of guanidine groups is 1. The van der Waals surface area contributed by atoms with E-state index in [4.69, 9.17) is 9.47 Å². The van der Waals surface area contributed by atoms with Crippen molar-refractivity contribution in [2.45, 2.75) is 18.9 Å². The van der Waals surface area contributed by atoms with Gasteiger partial charge in [0.2, 0.25) is 5.91 Å². The Bertz CT molecular complexity index is 408. The molecule has 1 aliphatic rings. The van der Waals surface area contributed by atoms with Crippen LogP contribution in [0.1, 0.15) is 12.8 Å². The van der Waals surface area contributed by atoms with Crippen molar-refractivity contribution in [3.05, 3.63) is 0 Å². The number of piperidine rings is 1. The summed E-state index contributed by atoms with van der Waals surface area (Å²) >= 11 is 0. The van der Waals surface area contributed by atoms with Gasteiger partial charge in [0.15, 0.2) is 5.96 Å². The third-order valence-electron chi connectivity index (χ3n) is 3.54. The van der Waals surface area contributed by atoms with Crippen LogP contribution >= 0.6 is 0 Å². The molecule has 0 aliphatic carbocycles. The van der Waals surface area contributed by atoms with Gasteiger partial charge in [-0.2, -0.15) is 0 Å². The number of hydrogen-bond acceptors (Lipinski definition) is 5. The number of methoxy groups -OCH3 is 2. The lowest BCUT2D eigenvalue weighted by molar-refractivity contribution is -0.120. The average molecular weight is 329 g/mol. The summed E-state index contributed by atoms with van der Waals surface area (Å²) < 4.78 is 9.57. The fourth-order valence-corrected chi connectivity index (χ4v) is 2.24. The van der Waals surface area contributed by atoms with E-state index in [-0.39, 0.29) is 24.6 Å². The first-order valence-corrected chi connectivity index (χ1v) is 7.66. The van der Waals surface area contributed by atoms with E-state index < -0.39 is 0 Å². The van der Waals surface area contributed by atoms with Crippen LogP contribution in [0.25, 0.3) is 0 Å². The van der Waals surface area contributed by atoms with Gasteiger partial charge >= 0.3 is 6.09 Å². The minimum absolute atomic E-state index is 0.120. The van der Waals surface area contributed by atoms with E-state index in [0.717, 1.165) is 12.8 Å². The molecule has 0 bridgehead atoms. The van der Waals surface area contributed by atoms with Crippen molar-refractivity contribution >= 4 is 18.0 Å². The Morgan fingerprint density at radius 1 is 1.22 bits per heavy atom. The largest absolute Gasteiger partial charge is 0.453 e. The molecule has 23 heavy (non-hydrogen) atoms. The van der Waals surface area contributed by atoms with E-state index in [1.165, 1.54) is 7.11 Å². The van der Waals surface area contributed by atoms with Crippen molar-refractivity contribution in [1.29, 1.82) is 0 Å². The molecule has 9 nitrogen and oxygen atoms in total. The molecule has 2 amide bonds. The van der Waals surface area contributed by atoms with E-state index in [0.29, 0.717) is 32.2 Å². The van der Waals surface area contributed by atoms with Crippen LogP contribution in [0.4, 0.5) is 4.79 Å². The molecular weight excluding hydrogens is 302 g/mol. The molecule has 9 heteroatoms. The van der Waals surface area contributed by atoms with Gasteiger partial charge in [0.1, 0.15) is 0 Å². The highest BCUT2D eigenvalue weighted by Crippen LogP contribution is 2.10. The molecule has 1 heterocycles. The lowest BCUT2D eigenvalue weighted by Crippen LogP contribution is -2.51. The van der Waals surface area contributed by atoms with Gasteiger partial charge in [-0.05, 0) is 12.8 Å². The van der Waals surface area contributed by atoms with E-state index in [1.807, 2.05) is 0 Å². The quantitative estimate of drug-likeness (QED) is 0.333. The molecule has 1 rings (SSSR count). The third kappa shape index (κ3) is 7.18. The van der Waals surface area contributed by atoms with Crippen LogP contribution < -0.4 is 16.0 Å². The monoisotopic (exact) mass is 329 g/mol. The highest BCUT2D eigenvalue weighted by molar-refractivity contribution is 5.86. The number of aliphatic imine (C=N–C) groups is 1. The summed E-state index contributed by atoms with van der Waals surface area (Å²) in [6.07, 6.45) is 1.31. The average Bonchev–Trinajstić information content (AvgIpc) is 2.58. The molecule has 0 aromatic carbocycles. The molecule has 132 valence electrons. The minimum atomic E-state index is -0.293. The summed E-state index contributed by atoms with van der Waals surface area (Å²) in [5.41, 5.74) is 0. The first kappa shape index (κ1) is 19.0. The summed E-state index contributed by atoms with van der Waals surface area (Å²) in [5, 5.41) is 8.95. The van der Waals surface area contributed by atoms with Crippen molar-refractivity contribution in [2.75, 3.05) is 54.1 Å². The zero-order valence-electron chi connectivity index (χ0n) is 14.1. The third-order valence-corrected chi connectivity index (χ3v) is 3.54. The van der Waals surface area contributed by atoms with Gasteiger partial charge in [-0.25, -0.2) is 4.79 Å². The molecule has 3 N–H and O–H groups in total. The SMILES string of the molecule is CN=C(NCC(=O)NCCOC)NC1CCN(C(=O)OC)CC1. The van der Waals surface area contributed by atoms with Crippen LogP contribution in [0.5, 0.6) is 0 Å². The lowest BCUT2D eigenvalue weighted by Gasteiger charge is -2.32. The predicted octanol–water partition coefficient (Wildman–Crippen LogP) is -0.855. The Balaban J connectivity index is 2.27. The van der Waals surface area contributed by atoms with Crippen LogP contribution in [0, 0.1) is 0 Å². The second-order valence-corrected chi connectivity index (χ2v) is 5.14. The summed E-state index contributed by atoms with van der Waals surface area (Å²) in [7, 11) is 4.62. The smallest absolute Gasteiger partial charge is 0.409 e. The molecule has 0 spiro atoms. The molecule has 0 unspecified atom stereocenters. The number of nitrogens with one attached hydrogen (secondary N) is 3. The summed E-state index contributed by atoms with van der Waals surface area (Å²) in [6, 6.07) is 0.207. The summed E-state index contributed by atoms with van der Waals surface area (Å²) in [6.45, 7) is 2.38. The van der Waals surface area contributed by atoms with Gasteiger partial charge in [-0.3, -0.25) is 9.79 Å². The summed E-state index contributed by atoms with van der Waals surface area (Å²) in [4.78, 5) is 28.8. The van der Waals surface area contributed by atoms with E-state index in [1.54, 1.807) is 19.1 Å². The van der Waals surface area contributed by atoms with Crippen LogP contribution in [0.3, 0.4) is 0 Å². The Morgan fingerprint density at radius 2 is 1.91 bits per heavy atom. The lowest BCUT2D eigenvalue weighted by atomic mass is 10.1. The number of nitrogens with zero attached hydrogens (tertiary/aromatic N) is 2. The maximum absolute atomic E-state index is 11.6. The normalized spacial score (nSPS) is 16.0. The second-order valence-electron chi connectivity index (χ2n) is 5.14. The van der Waals surface area contributed by atoms with Gasteiger partial charge in [0, 0.05) is 39.8 Å². The number of likely N-dealkylation sites (tertiary alicyclic amines) is 1. The molecule has 1 aliphatic heterocycles. The summed E-state index contributed by atoms with van der Waals surface area (Å²) in [5.74, 6) is 0.453. The van der Waals surface area contributed by atoms with Crippen molar-refractivity contribution < 1.29 is 19.1 Å². The van der Waals surface area contributed by atoms with Gasteiger partial charge < -0.3 is 30.3 Å². The number of rotatable bonds is 6. The van der Waals surface area contributed by atoms with Crippen molar-refractivity contribution in [1.82, 2.24) is 20.9 Å². The maximum atomic E-state index is 11.6. The highest BCUT2D eigenvalue weighted by atomic mass is 16.5. The van der Waals surface area contributed by atoms with Gasteiger partial charge in [0.25, 0.3) is 0 Å². The first-order chi connectivity index (χ1) is 11.1. The number of ether oxygens (including phenoxy) is 2. The molecule has 0 radical (unpaired) electrons. The number of hydrogen-bond donors (Lipinski definition) is 3. The van der Waals surface area contributed by atoms with Crippen molar-refractivity contribution in [2.24, 2.45) is 4.99 Å². The molecular formula is C14H27N5O4. The zero-order chi connectivity index (χ0) is 17.1. The molecule has 1 fully saturated rings. The van der Waals surface area contributed by atoms with E-state index in [9.17, 15) is 9.59 Å². The van der Waals surface area contributed by atoms with Crippen LogP contribution in [-0.2, 0) is 14.3 Å². The van der Waals surface area contributed by atoms with Crippen molar-refractivity contribution in [3.8, 4) is 0 Å². The van der Waals surface area contributed by atoms with E-state index >= 15 is 0 Å². The fraction of sp³-hybridized carbons (Fsp3) is 0.786. The topological polar surface area (TPSA) is 104 Å². The van der Waals surface area contributed by atoms with E-state index in [2.05, 4.69) is 20.9 Å². The second kappa shape index (κ2) is 10.7. The highest BCUT2D eigenvalue weighted by Gasteiger charge is 2.23. The Labute approximate surface area is 136 Å². The van der Waals surface area contributed by atoms with Crippen LogP contribution in [0.15, 0.2) is 4.99 Å². The van der Waals surface area contributed by atoms with Gasteiger partial charge in [0.05, 0.1) is 20.3 Å². The molecule has 0 aromatic rings. The number of carbonyl (C=O) groups excluding carboxylic acids is 2. The number of amides is 2. The molecule has 0 atom stereocenters. The number of carbonyl (C=O) groups is 2. The molecule has 0 saturated carbocycles. The van der Waals surface area contributed by atoms with Gasteiger partial charge in [-0.15, -0.1) is 0 Å². The van der Waals surface area contributed by atoms with Crippen molar-refractivity contribution in [3.63, 3.8) is 0 Å². The maximum Gasteiger partial charge on any atom is 0.409 e.